The molecule has 1 saturated carbocycles. The maximum absolute atomic E-state index is 12.2. The first-order valence-corrected chi connectivity index (χ1v) is 8.09. The Labute approximate surface area is 144 Å². The van der Waals surface area contributed by atoms with Crippen molar-refractivity contribution < 1.29 is 9.72 Å². The minimum atomic E-state index is -0.592. The zero-order valence-electron chi connectivity index (χ0n) is 13.9. The topological polar surface area (TPSA) is 94.2 Å². The fourth-order valence-electron chi connectivity index (χ4n) is 3.09. The zero-order chi connectivity index (χ0) is 18.0. The highest BCUT2D eigenvalue weighted by Crippen LogP contribution is 2.48. The molecule has 0 spiro atoms. The molecule has 0 unspecified atom stereocenters. The van der Waals surface area contributed by atoms with E-state index in [9.17, 15) is 19.7 Å². The number of nitro groups is 1. The van der Waals surface area contributed by atoms with E-state index in [1.54, 1.807) is 0 Å². The molecule has 2 aromatic rings. The van der Waals surface area contributed by atoms with Crippen LogP contribution in [0.2, 0.25) is 0 Å². The highest BCUT2D eigenvalue weighted by Gasteiger charge is 2.45. The van der Waals surface area contributed by atoms with Crippen LogP contribution in [0.15, 0.2) is 47.4 Å². The summed E-state index contributed by atoms with van der Waals surface area (Å²) in [5, 5.41) is 13.7. The lowest BCUT2D eigenvalue weighted by Gasteiger charge is -2.19. The van der Waals surface area contributed by atoms with Crippen LogP contribution < -0.4 is 10.9 Å². The molecule has 25 heavy (non-hydrogen) atoms. The van der Waals surface area contributed by atoms with Crippen LogP contribution in [0.5, 0.6) is 0 Å². The standard InChI is InChI=1S/C18H19N3O4/c1-13-4-2-3-5-15(13)18(8-9-18)12-19-16(22)11-20-10-14(21(24)25)6-7-17(20)23/h2-7,10H,8-9,11-12H2,1H3,(H,19,22). The van der Waals surface area contributed by atoms with Crippen molar-refractivity contribution in [3.63, 3.8) is 0 Å². The molecule has 7 nitrogen and oxygen atoms in total. The van der Waals surface area contributed by atoms with E-state index in [1.165, 1.54) is 11.1 Å². The fourth-order valence-corrected chi connectivity index (χ4v) is 3.09. The van der Waals surface area contributed by atoms with Gasteiger partial charge in [-0.2, -0.15) is 0 Å². The van der Waals surface area contributed by atoms with E-state index in [1.807, 2.05) is 12.1 Å². The predicted molar refractivity (Wildman–Crippen MR) is 92.5 cm³/mol. The molecule has 0 saturated heterocycles. The number of aromatic nitrogens is 1. The summed E-state index contributed by atoms with van der Waals surface area (Å²) in [6.07, 6.45) is 3.11. The van der Waals surface area contributed by atoms with Gasteiger partial charge in [-0.05, 0) is 30.9 Å². The van der Waals surface area contributed by atoms with Crippen LogP contribution in [-0.2, 0) is 16.8 Å². The lowest BCUT2D eigenvalue weighted by molar-refractivity contribution is -0.385. The van der Waals surface area contributed by atoms with Gasteiger partial charge in [0.25, 0.3) is 11.2 Å². The van der Waals surface area contributed by atoms with E-state index in [2.05, 4.69) is 24.4 Å². The molecule has 130 valence electrons. The van der Waals surface area contributed by atoms with Crippen molar-refractivity contribution in [3.8, 4) is 0 Å². The van der Waals surface area contributed by atoms with Crippen molar-refractivity contribution in [2.45, 2.75) is 31.7 Å². The van der Waals surface area contributed by atoms with Gasteiger partial charge in [0.15, 0.2) is 0 Å². The van der Waals surface area contributed by atoms with Crippen molar-refractivity contribution in [2.75, 3.05) is 6.54 Å². The Kier molecular flexibility index (Phi) is 4.39. The first kappa shape index (κ1) is 16.9. The summed E-state index contributed by atoms with van der Waals surface area (Å²) in [5.41, 5.74) is 1.74. The highest BCUT2D eigenvalue weighted by molar-refractivity contribution is 5.76. The van der Waals surface area contributed by atoms with E-state index < -0.39 is 10.5 Å². The number of aryl methyl sites for hydroxylation is 1. The third-order valence-electron chi connectivity index (χ3n) is 4.69. The molecule has 0 atom stereocenters. The van der Waals surface area contributed by atoms with Crippen molar-refractivity contribution in [2.24, 2.45) is 0 Å². The Balaban J connectivity index is 1.66. The summed E-state index contributed by atoms with van der Waals surface area (Å²) >= 11 is 0. The molecule has 0 aliphatic heterocycles. The van der Waals surface area contributed by atoms with Gasteiger partial charge in [0.2, 0.25) is 5.91 Å². The van der Waals surface area contributed by atoms with E-state index in [0.29, 0.717) is 6.54 Å². The molecule has 1 aromatic carbocycles. The second-order valence-electron chi connectivity index (χ2n) is 6.48. The normalized spacial score (nSPS) is 14.8. The maximum atomic E-state index is 12.2. The maximum Gasteiger partial charge on any atom is 0.285 e. The largest absolute Gasteiger partial charge is 0.354 e. The zero-order valence-corrected chi connectivity index (χ0v) is 13.9. The Hall–Kier alpha value is -2.96. The van der Waals surface area contributed by atoms with E-state index in [-0.39, 0.29) is 23.6 Å². The molecule has 0 radical (unpaired) electrons. The smallest absolute Gasteiger partial charge is 0.285 e. The molecule has 1 aromatic heterocycles. The Morgan fingerprint density at radius 2 is 2.00 bits per heavy atom. The average molecular weight is 341 g/mol. The van der Waals surface area contributed by atoms with Crippen LogP contribution in [0, 0.1) is 17.0 Å². The summed E-state index contributed by atoms with van der Waals surface area (Å²) in [4.78, 5) is 34.2. The molecule has 1 aliphatic carbocycles. The van der Waals surface area contributed by atoms with Crippen molar-refractivity contribution in [3.05, 3.63) is 74.2 Å². The summed E-state index contributed by atoms with van der Waals surface area (Å²) in [6, 6.07) is 10.4. The molecule has 1 heterocycles. The number of hydrogen-bond acceptors (Lipinski definition) is 4. The monoisotopic (exact) mass is 341 g/mol. The van der Waals surface area contributed by atoms with Crippen LogP contribution in [0.4, 0.5) is 5.69 Å². The third-order valence-corrected chi connectivity index (χ3v) is 4.69. The number of nitrogens with zero attached hydrogens (tertiary/aromatic N) is 2. The van der Waals surface area contributed by atoms with Gasteiger partial charge < -0.3 is 5.32 Å². The summed E-state index contributed by atoms with van der Waals surface area (Å²) in [5.74, 6) is -0.331. The molecule has 1 amide bonds. The number of amides is 1. The van der Waals surface area contributed by atoms with Crippen LogP contribution in [0.1, 0.15) is 24.0 Å². The fraction of sp³-hybridized carbons (Fsp3) is 0.333. The van der Waals surface area contributed by atoms with Gasteiger partial charge in [-0.1, -0.05) is 24.3 Å². The second kappa shape index (κ2) is 6.51. The highest BCUT2D eigenvalue weighted by atomic mass is 16.6. The van der Waals surface area contributed by atoms with Gasteiger partial charge in [0, 0.05) is 24.1 Å². The number of benzene rings is 1. The lowest BCUT2D eigenvalue weighted by atomic mass is 9.92. The van der Waals surface area contributed by atoms with E-state index in [0.717, 1.165) is 35.7 Å². The molecule has 3 rings (SSSR count). The Morgan fingerprint density at radius 1 is 1.28 bits per heavy atom. The van der Waals surface area contributed by atoms with Gasteiger partial charge in [-0.15, -0.1) is 0 Å². The predicted octanol–water partition coefficient (Wildman–Crippen LogP) is 1.91. The van der Waals surface area contributed by atoms with Gasteiger partial charge in [0.05, 0.1) is 11.1 Å². The van der Waals surface area contributed by atoms with Gasteiger partial charge in [0.1, 0.15) is 6.54 Å². The van der Waals surface area contributed by atoms with Crippen molar-refractivity contribution in [1.29, 1.82) is 0 Å². The minimum absolute atomic E-state index is 0.0331. The molecule has 1 fully saturated rings. The average Bonchev–Trinajstić information content (AvgIpc) is 3.36. The van der Waals surface area contributed by atoms with E-state index >= 15 is 0 Å². The summed E-state index contributed by atoms with van der Waals surface area (Å²) in [7, 11) is 0. The molecule has 1 N–H and O–H groups in total. The Bertz CT molecular complexity index is 884. The summed E-state index contributed by atoms with van der Waals surface area (Å²) < 4.78 is 1.06. The quantitative estimate of drug-likeness (QED) is 0.641. The number of hydrogen-bond donors (Lipinski definition) is 1. The number of nitrogens with one attached hydrogen (secondary N) is 1. The van der Waals surface area contributed by atoms with E-state index in [4.69, 9.17) is 0 Å². The van der Waals surface area contributed by atoms with Crippen LogP contribution in [0.25, 0.3) is 0 Å². The number of pyridine rings is 1. The van der Waals surface area contributed by atoms with Gasteiger partial charge in [-0.3, -0.25) is 24.3 Å². The van der Waals surface area contributed by atoms with Crippen LogP contribution in [0.3, 0.4) is 0 Å². The lowest BCUT2D eigenvalue weighted by Crippen LogP contribution is -2.36. The van der Waals surface area contributed by atoms with Gasteiger partial charge in [-0.25, -0.2) is 0 Å². The van der Waals surface area contributed by atoms with Gasteiger partial charge >= 0.3 is 0 Å². The van der Waals surface area contributed by atoms with Crippen LogP contribution >= 0.6 is 0 Å². The van der Waals surface area contributed by atoms with Crippen molar-refractivity contribution >= 4 is 11.6 Å². The SMILES string of the molecule is Cc1ccccc1C1(CNC(=O)Cn2cc([N+](=O)[O-])ccc2=O)CC1. The number of rotatable bonds is 6. The third kappa shape index (κ3) is 3.60. The molecule has 1 aliphatic rings. The number of carbonyl (C=O) groups excluding carboxylic acids is 1. The van der Waals surface area contributed by atoms with Crippen LogP contribution in [-0.4, -0.2) is 21.9 Å². The molecular weight excluding hydrogens is 322 g/mol. The molecular formula is C18H19N3O4. The first-order chi connectivity index (χ1) is 11.9. The summed E-state index contributed by atoms with van der Waals surface area (Å²) in [6.45, 7) is 2.32. The molecule has 7 heteroatoms. The minimum Gasteiger partial charge on any atom is -0.354 e. The second-order valence-corrected chi connectivity index (χ2v) is 6.48. The Morgan fingerprint density at radius 3 is 2.64 bits per heavy atom. The molecule has 0 bridgehead atoms. The first-order valence-electron chi connectivity index (χ1n) is 8.09. The van der Waals surface area contributed by atoms with Crippen molar-refractivity contribution in [1.82, 2.24) is 9.88 Å². The number of carbonyl (C=O) groups is 1.